The average Bonchev–Trinajstić information content (AvgIpc) is 3.32. The number of carbonyl (C=O) groups excluding carboxylic acids is 1. The van der Waals surface area contributed by atoms with Crippen LogP contribution in [-0.2, 0) is 4.79 Å². The first-order valence-electron chi connectivity index (χ1n) is 8.31. The van der Waals surface area contributed by atoms with E-state index in [0.717, 1.165) is 0 Å². The number of para-hydroxylation sites is 1. The first-order chi connectivity index (χ1) is 13.6. The molecule has 0 saturated heterocycles. The number of hydrogen-bond acceptors (Lipinski definition) is 8. The molecular formula is C18H15FN4O3S2. The summed E-state index contributed by atoms with van der Waals surface area (Å²) in [5.41, 5.74) is 0.949. The van der Waals surface area contributed by atoms with Crippen LogP contribution in [0.1, 0.15) is 6.92 Å². The molecule has 0 bridgehead atoms. The Bertz CT molecular complexity index is 1010. The third-order valence-electron chi connectivity index (χ3n) is 3.81. The highest BCUT2D eigenvalue weighted by Gasteiger charge is 2.19. The van der Waals surface area contributed by atoms with Crippen LogP contribution < -0.4 is 20.1 Å². The third kappa shape index (κ3) is 4.18. The van der Waals surface area contributed by atoms with Crippen molar-refractivity contribution >= 4 is 45.5 Å². The maximum Gasteiger partial charge on any atom is 0.237 e. The quantitative estimate of drug-likeness (QED) is 0.578. The molecule has 1 aliphatic rings. The van der Waals surface area contributed by atoms with Crippen molar-refractivity contribution in [3.8, 4) is 11.5 Å². The van der Waals surface area contributed by atoms with Gasteiger partial charge in [0.2, 0.25) is 17.8 Å². The molecule has 0 aliphatic carbocycles. The summed E-state index contributed by atoms with van der Waals surface area (Å²) in [5, 5.41) is 13.8. The molecule has 2 heterocycles. The highest BCUT2D eigenvalue weighted by Crippen LogP contribution is 2.35. The number of thioether (sulfide) groups is 1. The zero-order chi connectivity index (χ0) is 19.5. The molecule has 3 aromatic rings. The second kappa shape index (κ2) is 8.03. The molecule has 0 radical (unpaired) electrons. The number of halogens is 1. The first-order valence-corrected chi connectivity index (χ1v) is 10.0. The van der Waals surface area contributed by atoms with E-state index in [0.29, 0.717) is 32.3 Å². The van der Waals surface area contributed by atoms with Gasteiger partial charge in [0, 0.05) is 11.8 Å². The summed E-state index contributed by atoms with van der Waals surface area (Å²) in [7, 11) is 0. The topological polar surface area (TPSA) is 85.4 Å². The van der Waals surface area contributed by atoms with Crippen LogP contribution in [0.4, 0.5) is 20.9 Å². The van der Waals surface area contributed by atoms with E-state index in [1.807, 2.05) is 0 Å². The second-order valence-corrected chi connectivity index (χ2v) is 8.36. The lowest BCUT2D eigenvalue weighted by molar-refractivity contribution is -0.115. The van der Waals surface area contributed by atoms with Crippen molar-refractivity contribution in [3.05, 3.63) is 48.3 Å². The van der Waals surface area contributed by atoms with E-state index in [1.54, 1.807) is 43.3 Å². The van der Waals surface area contributed by atoms with Crippen LogP contribution in [0.2, 0.25) is 0 Å². The average molecular weight is 418 g/mol. The van der Waals surface area contributed by atoms with Crippen LogP contribution in [0.15, 0.2) is 46.8 Å². The lowest BCUT2D eigenvalue weighted by Gasteiger charge is -2.10. The number of fused-ring (bicyclic) bond motifs is 1. The van der Waals surface area contributed by atoms with E-state index in [9.17, 15) is 9.18 Å². The number of hydrogen-bond donors (Lipinski definition) is 2. The number of benzene rings is 2. The minimum atomic E-state index is -0.403. The van der Waals surface area contributed by atoms with E-state index in [1.165, 1.54) is 29.2 Å². The molecule has 2 N–H and O–H groups in total. The monoisotopic (exact) mass is 418 g/mol. The maximum atomic E-state index is 13.7. The van der Waals surface area contributed by atoms with Crippen molar-refractivity contribution in [3.63, 3.8) is 0 Å². The van der Waals surface area contributed by atoms with Gasteiger partial charge in [-0.15, -0.1) is 10.2 Å². The zero-order valence-corrected chi connectivity index (χ0v) is 16.3. The predicted octanol–water partition coefficient (Wildman–Crippen LogP) is 4.27. The maximum absolute atomic E-state index is 13.7. The molecule has 0 saturated carbocycles. The van der Waals surface area contributed by atoms with Gasteiger partial charge in [-0.05, 0) is 31.2 Å². The largest absolute Gasteiger partial charge is 0.454 e. The highest BCUT2D eigenvalue weighted by atomic mass is 32.2. The molecule has 1 aliphatic heterocycles. The van der Waals surface area contributed by atoms with Crippen LogP contribution in [-0.4, -0.2) is 28.1 Å². The van der Waals surface area contributed by atoms with Gasteiger partial charge in [0.05, 0.1) is 10.9 Å². The van der Waals surface area contributed by atoms with Gasteiger partial charge in [0.15, 0.2) is 15.8 Å². The number of rotatable bonds is 6. The smallest absolute Gasteiger partial charge is 0.237 e. The van der Waals surface area contributed by atoms with Crippen molar-refractivity contribution < 1.29 is 18.7 Å². The molecule has 7 nitrogen and oxygen atoms in total. The zero-order valence-electron chi connectivity index (χ0n) is 14.6. The molecule has 1 amide bonds. The summed E-state index contributed by atoms with van der Waals surface area (Å²) in [5.74, 6) is 0.710. The van der Waals surface area contributed by atoms with E-state index in [4.69, 9.17) is 9.47 Å². The van der Waals surface area contributed by atoms with Gasteiger partial charge in [-0.25, -0.2) is 4.39 Å². The number of aromatic nitrogens is 2. The minimum absolute atomic E-state index is 0.178. The predicted molar refractivity (Wildman–Crippen MR) is 106 cm³/mol. The summed E-state index contributed by atoms with van der Waals surface area (Å²) < 4.78 is 24.9. The molecule has 1 atom stereocenters. The van der Waals surface area contributed by atoms with Gasteiger partial charge < -0.3 is 20.1 Å². The summed E-state index contributed by atoms with van der Waals surface area (Å²) in [4.78, 5) is 12.4. The van der Waals surface area contributed by atoms with Crippen LogP contribution in [0.3, 0.4) is 0 Å². The Morgan fingerprint density at radius 1 is 1.21 bits per heavy atom. The lowest BCUT2D eigenvalue weighted by atomic mass is 10.2. The highest BCUT2D eigenvalue weighted by molar-refractivity contribution is 8.02. The second-order valence-electron chi connectivity index (χ2n) is 5.80. The molecule has 0 fully saturated rings. The molecule has 0 unspecified atom stereocenters. The fourth-order valence-electron chi connectivity index (χ4n) is 2.41. The van der Waals surface area contributed by atoms with Crippen LogP contribution in [0, 0.1) is 5.82 Å². The fraction of sp³-hybridized carbons (Fsp3) is 0.167. The standard InChI is InChI=1S/C18H15FN4O3S2/c1-10(16(24)20-11-6-7-14-15(8-11)26-9-25-14)27-18-23-22-17(28-18)21-13-5-3-2-4-12(13)19/h2-8,10H,9H2,1H3,(H,20,24)(H,21,22)/t10-/m1/s1. The summed E-state index contributed by atoms with van der Waals surface area (Å²) >= 11 is 2.53. The number of anilines is 3. The van der Waals surface area contributed by atoms with Gasteiger partial charge in [0.25, 0.3) is 0 Å². The molecule has 2 aromatic carbocycles. The number of ether oxygens (including phenoxy) is 2. The van der Waals surface area contributed by atoms with Gasteiger partial charge in [-0.2, -0.15) is 0 Å². The molecular weight excluding hydrogens is 403 g/mol. The van der Waals surface area contributed by atoms with E-state index in [-0.39, 0.29) is 18.5 Å². The number of carbonyl (C=O) groups is 1. The Labute approximate surface area is 168 Å². The Kier molecular flexibility index (Phi) is 5.31. The lowest BCUT2D eigenvalue weighted by Crippen LogP contribution is -2.22. The molecule has 0 spiro atoms. The Balaban J connectivity index is 1.35. The first kappa shape index (κ1) is 18.5. The van der Waals surface area contributed by atoms with Crippen molar-refractivity contribution in [1.82, 2.24) is 10.2 Å². The number of nitrogens with zero attached hydrogens (tertiary/aromatic N) is 2. The van der Waals surface area contributed by atoms with E-state index in [2.05, 4.69) is 20.8 Å². The van der Waals surface area contributed by atoms with Crippen LogP contribution in [0.5, 0.6) is 11.5 Å². The van der Waals surface area contributed by atoms with Gasteiger partial charge in [0.1, 0.15) is 5.82 Å². The molecule has 28 heavy (non-hydrogen) atoms. The normalized spacial score (nSPS) is 13.2. The molecule has 1 aromatic heterocycles. The van der Waals surface area contributed by atoms with Crippen LogP contribution in [0.25, 0.3) is 0 Å². The van der Waals surface area contributed by atoms with Crippen LogP contribution >= 0.6 is 23.1 Å². The summed E-state index contributed by atoms with van der Waals surface area (Å²) in [6, 6.07) is 11.5. The third-order valence-corrected chi connectivity index (χ3v) is 5.83. The Morgan fingerprint density at radius 3 is 2.89 bits per heavy atom. The van der Waals surface area contributed by atoms with Gasteiger partial charge in [-0.1, -0.05) is 35.2 Å². The Hall–Kier alpha value is -2.85. The molecule has 10 heteroatoms. The van der Waals surface area contributed by atoms with Crippen molar-refractivity contribution in [1.29, 1.82) is 0 Å². The SMILES string of the molecule is C[C@@H](Sc1nnc(Nc2ccccc2F)s1)C(=O)Nc1ccc2c(c1)OCO2. The van der Waals surface area contributed by atoms with Gasteiger partial charge >= 0.3 is 0 Å². The fourth-order valence-corrected chi connectivity index (χ4v) is 4.32. The molecule has 144 valence electrons. The number of amides is 1. The van der Waals surface area contributed by atoms with Gasteiger partial charge in [-0.3, -0.25) is 4.79 Å². The Morgan fingerprint density at radius 2 is 2.04 bits per heavy atom. The molecule has 4 rings (SSSR count). The minimum Gasteiger partial charge on any atom is -0.454 e. The van der Waals surface area contributed by atoms with Crippen molar-refractivity contribution in [2.45, 2.75) is 16.5 Å². The summed E-state index contributed by atoms with van der Waals surface area (Å²) in [6.45, 7) is 1.96. The van der Waals surface area contributed by atoms with Crippen molar-refractivity contribution in [2.24, 2.45) is 0 Å². The number of nitrogens with one attached hydrogen (secondary N) is 2. The summed E-state index contributed by atoms with van der Waals surface area (Å²) in [6.07, 6.45) is 0. The van der Waals surface area contributed by atoms with Crippen molar-refractivity contribution in [2.75, 3.05) is 17.4 Å². The van der Waals surface area contributed by atoms with E-state index < -0.39 is 5.25 Å². The van der Waals surface area contributed by atoms with E-state index >= 15 is 0 Å².